The van der Waals surface area contributed by atoms with Crippen molar-refractivity contribution in [1.29, 1.82) is 0 Å². The Balaban J connectivity index is 1.58. The zero-order valence-corrected chi connectivity index (χ0v) is 19.7. The van der Waals surface area contributed by atoms with Gasteiger partial charge in [0, 0.05) is 30.3 Å². The fourth-order valence-corrected chi connectivity index (χ4v) is 5.76. The molecular formula is C21H25ClN2O5S2. The summed E-state index contributed by atoms with van der Waals surface area (Å²) in [4.78, 5) is 13.1. The highest BCUT2D eigenvalue weighted by molar-refractivity contribution is 7.90. The lowest BCUT2D eigenvalue weighted by molar-refractivity contribution is -0.126. The zero-order chi connectivity index (χ0) is 22.8. The molecule has 0 aromatic heterocycles. The van der Waals surface area contributed by atoms with Gasteiger partial charge in [-0.15, -0.1) is 0 Å². The molecule has 7 nitrogen and oxygen atoms in total. The van der Waals surface area contributed by atoms with Gasteiger partial charge in [-0.3, -0.25) is 4.79 Å². The van der Waals surface area contributed by atoms with Crippen LogP contribution in [0.1, 0.15) is 31.4 Å². The van der Waals surface area contributed by atoms with E-state index in [-0.39, 0.29) is 40.7 Å². The highest BCUT2D eigenvalue weighted by Crippen LogP contribution is 2.26. The second-order valence-electron chi connectivity index (χ2n) is 7.70. The molecule has 1 atom stereocenters. The summed E-state index contributed by atoms with van der Waals surface area (Å²) in [6.07, 6.45) is 2.00. The van der Waals surface area contributed by atoms with E-state index in [9.17, 15) is 21.6 Å². The van der Waals surface area contributed by atoms with Gasteiger partial charge in [-0.1, -0.05) is 23.7 Å². The quantitative estimate of drug-likeness (QED) is 0.679. The Kier molecular flexibility index (Phi) is 7.10. The summed E-state index contributed by atoms with van der Waals surface area (Å²) in [5, 5.41) is 3.41. The van der Waals surface area contributed by atoms with Crippen LogP contribution in [0.25, 0.3) is 0 Å². The van der Waals surface area contributed by atoms with Crippen LogP contribution in [-0.4, -0.2) is 46.4 Å². The third-order valence-electron chi connectivity index (χ3n) is 5.44. The van der Waals surface area contributed by atoms with Crippen LogP contribution in [0.3, 0.4) is 0 Å². The average Bonchev–Trinajstić information content (AvgIpc) is 2.73. The first kappa shape index (κ1) is 23.7. The van der Waals surface area contributed by atoms with Crippen LogP contribution in [0, 0.1) is 5.92 Å². The number of sulfonamides is 1. The average molecular weight is 485 g/mol. The molecule has 31 heavy (non-hydrogen) atoms. The monoisotopic (exact) mass is 484 g/mol. The fourth-order valence-electron chi connectivity index (χ4n) is 3.53. The fraction of sp³-hybridized carbons (Fsp3) is 0.381. The first-order chi connectivity index (χ1) is 14.5. The lowest BCUT2D eigenvalue weighted by Gasteiger charge is -2.31. The Morgan fingerprint density at radius 1 is 0.968 bits per heavy atom. The molecular weight excluding hydrogens is 460 g/mol. The molecule has 0 spiro atoms. The largest absolute Gasteiger partial charge is 0.349 e. The van der Waals surface area contributed by atoms with Crippen molar-refractivity contribution in [1.82, 2.24) is 9.62 Å². The normalized spacial score (nSPS) is 17.3. The molecule has 1 saturated heterocycles. The number of benzene rings is 2. The van der Waals surface area contributed by atoms with E-state index in [1.165, 1.54) is 28.6 Å². The van der Waals surface area contributed by atoms with Crippen LogP contribution in [0.2, 0.25) is 5.02 Å². The molecule has 2 aromatic rings. The van der Waals surface area contributed by atoms with Gasteiger partial charge in [0.2, 0.25) is 15.9 Å². The molecule has 1 amide bonds. The predicted octanol–water partition coefficient (Wildman–Crippen LogP) is 3.02. The summed E-state index contributed by atoms with van der Waals surface area (Å²) in [5.41, 5.74) is 0.795. The van der Waals surface area contributed by atoms with Crippen molar-refractivity contribution in [3.05, 3.63) is 59.1 Å². The van der Waals surface area contributed by atoms with E-state index in [0.717, 1.165) is 11.8 Å². The van der Waals surface area contributed by atoms with Gasteiger partial charge in [-0.2, -0.15) is 4.31 Å². The molecule has 0 aliphatic carbocycles. The molecule has 1 unspecified atom stereocenters. The van der Waals surface area contributed by atoms with E-state index >= 15 is 0 Å². The van der Waals surface area contributed by atoms with Gasteiger partial charge >= 0.3 is 0 Å². The van der Waals surface area contributed by atoms with E-state index in [0.29, 0.717) is 17.9 Å². The van der Waals surface area contributed by atoms with Crippen molar-refractivity contribution in [2.75, 3.05) is 19.3 Å². The molecule has 168 valence electrons. The lowest BCUT2D eigenvalue weighted by Crippen LogP contribution is -2.43. The van der Waals surface area contributed by atoms with Crippen LogP contribution in [-0.2, 0) is 24.7 Å². The minimum absolute atomic E-state index is 0.136. The van der Waals surface area contributed by atoms with Crippen molar-refractivity contribution in [3.8, 4) is 0 Å². The number of piperidine rings is 1. The van der Waals surface area contributed by atoms with Crippen molar-refractivity contribution >= 4 is 37.4 Å². The molecule has 1 heterocycles. The Labute approximate surface area is 188 Å². The van der Waals surface area contributed by atoms with Gasteiger partial charge in [0.05, 0.1) is 15.8 Å². The molecule has 0 bridgehead atoms. The first-order valence-corrected chi connectivity index (χ1v) is 13.6. The SMILES string of the molecule is CC(NC(=O)C1CCN(S(=O)(=O)c2ccc(Cl)cc2)CC1)c1ccc(S(C)(=O)=O)cc1. The number of nitrogens with zero attached hydrogens (tertiary/aromatic N) is 1. The third kappa shape index (κ3) is 5.65. The van der Waals surface area contributed by atoms with Gasteiger partial charge in [-0.25, -0.2) is 16.8 Å². The topological polar surface area (TPSA) is 101 Å². The highest BCUT2D eigenvalue weighted by Gasteiger charge is 2.32. The van der Waals surface area contributed by atoms with E-state index in [2.05, 4.69) is 5.32 Å². The Bertz CT molecular complexity index is 1140. The summed E-state index contributed by atoms with van der Waals surface area (Å²) >= 11 is 5.84. The summed E-state index contributed by atoms with van der Waals surface area (Å²) in [7, 11) is -6.89. The molecule has 0 saturated carbocycles. The van der Waals surface area contributed by atoms with Crippen LogP contribution >= 0.6 is 11.6 Å². The van der Waals surface area contributed by atoms with Crippen LogP contribution in [0.15, 0.2) is 58.3 Å². The molecule has 10 heteroatoms. The number of hydrogen-bond donors (Lipinski definition) is 1. The van der Waals surface area contributed by atoms with Gasteiger partial charge < -0.3 is 5.32 Å². The number of amides is 1. The smallest absolute Gasteiger partial charge is 0.243 e. The number of hydrogen-bond acceptors (Lipinski definition) is 5. The number of carbonyl (C=O) groups excluding carboxylic acids is 1. The molecule has 1 fully saturated rings. The van der Waals surface area contributed by atoms with Crippen LogP contribution in [0.4, 0.5) is 0 Å². The first-order valence-electron chi connectivity index (χ1n) is 9.84. The minimum Gasteiger partial charge on any atom is -0.349 e. The maximum Gasteiger partial charge on any atom is 0.243 e. The number of nitrogens with one attached hydrogen (secondary N) is 1. The summed E-state index contributed by atoms with van der Waals surface area (Å²) < 4.78 is 50.1. The van der Waals surface area contributed by atoms with Crippen LogP contribution in [0.5, 0.6) is 0 Å². The molecule has 1 aliphatic heterocycles. The minimum atomic E-state index is -3.62. The lowest BCUT2D eigenvalue weighted by atomic mass is 9.96. The molecule has 1 N–H and O–H groups in total. The standard InChI is InChI=1S/C21H25ClN2O5S2/c1-15(16-3-7-19(8-4-16)30(2,26)27)23-21(25)17-11-13-24(14-12-17)31(28,29)20-9-5-18(22)6-10-20/h3-10,15,17H,11-14H2,1-2H3,(H,23,25). The molecule has 2 aromatic carbocycles. The number of carbonyl (C=O) groups is 1. The van der Waals surface area contributed by atoms with Crippen molar-refractivity contribution in [2.24, 2.45) is 5.92 Å². The Morgan fingerprint density at radius 2 is 1.48 bits per heavy atom. The maximum absolute atomic E-state index is 12.8. The van der Waals surface area contributed by atoms with E-state index < -0.39 is 19.9 Å². The number of rotatable bonds is 6. The second kappa shape index (κ2) is 9.28. The second-order valence-corrected chi connectivity index (χ2v) is 12.1. The molecule has 1 aliphatic rings. The van der Waals surface area contributed by atoms with Gasteiger partial charge in [0.25, 0.3) is 0 Å². The number of sulfone groups is 1. The summed E-state index contributed by atoms with van der Waals surface area (Å²) in [6.45, 7) is 2.36. The highest BCUT2D eigenvalue weighted by atomic mass is 35.5. The molecule has 3 rings (SSSR count). The van der Waals surface area contributed by atoms with E-state index in [1.807, 2.05) is 6.92 Å². The van der Waals surface area contributed by atoms with Gasteiger partial charge in [0.15, 0.2) is 9.84 Å². The van der Waals surface area contributed by atoms with Crippen molar-refractivity contribution < 1.29 is 21.6 Å². The van der Waals surface area contributed by atoms with Gasteiger partial charge in [-0.05, 0) is 61.7 Å². The van der Waals surface area contributed by atoms with Crippen molar-refractivity contribution in [3.63, 3.8) is 0 Å². The Morgan fingerprint density at radius 3 is 2.00 bits per heavy atom. The third-order valence-corrected chi connectivity index (χ3v) is 8.74. The summed E-state index contributed by atoms with van der Waals surface area (Å²) in [6, 6.07) is 12.2. The van der Waals surface area contributed by atoms with Crippen molar-refractivity contribution in [2.45, 2.75) is 35.6 Å². The maximum atomic E-state index is 12.8. The van der Waals surface area contributed by atoms with Crippen LogP contribution < -0.4 is 5.32 Å². The zero-order valence-electron chi connectivity index (χ0n) is 17.3. The number of halogens is 1. The summed E-state index contributed by atoms with van der Waals surface area (Å²) in [5.74, 6) is -0.419. The molecule has 0 radical (unpaired) electrons. The van der Waals surface area contributed by atoms with E-state index in [1.54, 1.807) is 24.3 Å². The Hall–Kier alpha value is -1.94. The van der Waals surface area contributed by atoms with Gasteiger partial charge in [0.1, 0.15) is 0 Å². The predicted molar refractivity (Wildman–Crippen MR) is 119 cm³/mol. The van der Waals surface area contributed by atoms with E-state index in [4.69, 9.17) is 11.6 Å².